The summed E-state index contributed by atoms with van der Waals surface area (Å²) in [6, 6.07) is 15.5. The van der Waals surface area contributed by atoms with Gasteiger partial charge in [0.1, 0.15) is 5.75 Å². The highest BCUT2D eigenvalue weighted by atomic mass is 32.2. The van der Waals surface area contributed by atoms with Crippen molar-refractivity contribution in [2.24, 2.45) is 0 Å². The highest BCUT2D eigenvalue weighted by molar-refractivity contribution is 7.77. The molecule has 0 bridgehead atoms. The number of hydrogen-bond acceptors (Lipinski definition) is 3. The summed E-state index contributed by atoms with van der Waals surface area (Å²) >= 11 is -2.03. The van der Waals surface area contributed by atoms with E-state index in [4.69, 9.17) is 9.29 Å². The van der Waals surface area contributed by atoms with Crippen LogP contribution in [-0.2, 0) is 11.3 Å². The molecule has 3 rings (SSSR count). The molecular formula is C18H18N2O3S. The van der Waals surface area contributed by atoms with Crippen LogP contribution in [0.5, 0.6) is 5.75 Å². The Bertz CT molecular complexity index is 881. The molecule has 0 aliphatic rings. The van der Waals surface area contributed by atoms with E-state index in [1.807, 2.05) is 55.5 Å². The average Bonchev–Trinajstić information content (AvgIpc) is 2.60. The van der Waals surface area contributed by atoms with Gasteiger partial charge in [-0.1, -0.05) is 24.3 Å². The lowest BCUT2D eigenvalue weighted by Gasteiger charge is -2.12. The van der Waals surface area contributed by atoms with Crippen molar-refractivity contribution in [1.82, 2.24) is 9.71 Å². The van der Waals surface area contributed by atoms with E-state index >= 15 is 0 Å². The van der Waals surface area contributed by atoms with E-state index in [1.54, 1.807) is 13.3 Å². The Morgan fingerprint density at radius 3 is 2.58 bits per heavy atom. The molecule has 0 fully saturated rings. The van der Waals surface area contributed by atoms with Crippen LogP contribution in [0.15, 0.2) is 54.7 Å². The van der Waals surface area contributed by atoms with Crippen molar-refractivity contribution in [3.05, 3.63) is 60.3 Å². The molecule has 24 heavy (non-hydrogen) atoms. The second-order valence-corrected chi connectivity index (χ2v) is 6.19. The summed E-state index contributed by atoms with van der Waals surface area (Å²) in [5.74, 6) is 0.777. The molecule has 2 atom stereocenters. The molecule has 0 aliphatic heterocycles. The third kappa shape index (κ3) is 3.46. The van der Waals surface area contributed by atoms with Crippen LogP contribution in [0, 0.1) is 0 Å². The first-order valence-corrected chi connectivity index (χ1v) is 8.59. The van der Waals surface area contributed by atoms with E-state index in [-0.39, 0.29) is 6.04 Å². The van der Waals surface area contributed by atoms with Gasteiger partial charge in [0.2, 0.25) is 11.3 Å². The monoisotopic (exact) mass is 342 g/mol. The van der Waals surface area contributed by atoms with Crippen molar-refractivity contribution in [2.75, 3.05) is 7.11 Å². The first-order chi connectivity index (χ1) is 11.6. The van der Waals surface area contributed by atoms with Gasteiger partial charge >= 0.3 is 0 Å². The van der Waals surface area contributed by atoms with Crippen LogP contribution in [0.25, 0.3) is 22.0 Å². The third-order valence-corrected chi connectivity index (χ3v) is 4.50. The lowest BCUT2D eigenvalue weighted by Crippen LogP contribution is -2.20. The van der Waals surface area contributed by atoms with Crippen molar-refractivity contribution >= 4 is 22.2 Å². The number of rotatable bonds is 5. The fourth-order valence-electron chi connectivity index (χ4n) is 2.68. The van der Waals surface area contributed by atoms with Crippen LogP contribution in [0.4, 0.5) is 0 Å². The zero-order valence-electron chi connectivity index (χ0n) is 13.4. The normalized spacial score (nSPS) is 13.6. The van der Waals surface area contributed by atoms with Crippen LogP contribution < -0.4 is 9.46 Å². The smallest absolute Gasteiger partial charge is 0.232 e. The first-order valence-electron chi connectivity index (χ1n) is 7.48. The largest absolute Gasteiger partial charge is 0.497 e. The minimum atomic E-state index is -2.03. The topological polar surface area (TPSA) is 71.5 Å². The maximum atomic E-state index is 10.9. The molecule has 5 nitrogen and oxygen atoms in total. The highest BCUT2D eigenvalue weighted by Crippen LogP contribution is 2.30. The predicted molar refractivity (Wildman–Crippen MR) is 96.1 cm³/mol. The summed E-state index contributed by atoms with van der Waals surface area (Å²) in [6.07, 6.45) is 1.78. The number of nitrogens with one attached hydrogen (secondary N) is 1. The summed E-state index contributed by atoms with van der Waals surface area (Å²) in [7, 11) is 1.64. The Labute approximate surface area is 143 Å². The molecule has 0 saturated heterocycles. The molecule has 2 unspecified atom stereocenters. The number of hydrogen-bond donors (Lipinski definition) is 2. The lowest BCUT2D eigenvalue weighted by atomic mass is 9.99. The van der Waals surface area contributed by atoms with Crippen molar-refractivity contribution in [3.8, 4) is 16.9 Å². The molecule has 3 aromatic rings. The van der Waals surface area contributed by atoms with E-state index in [9.17, 15) is 4.21 Å². The van der Waals surface area contributed by atoms with Crippen molar-refractivity contribution in [3.63, 3.8) is 0 Å². The van der Waals surface area contributed by atoms with Gasteiger partial charge in [0.25, 0.3) is 0 Å². The number of benzene rings is 2. The van der Waals surface area contributed by atoms with Gasteiger partial charge in [-0.25, -0.2) is 8.93 Å². The molecule has 1 aromatic heterocycles. The zero-order valence-corrected chi connectivity index (χ0v) is 14.2. The minimum absolute atomic E-state index is 0.205. The summed E-state index contributed by atoms with van der Waals surface area (Å²) in [5, 5.41) is 1.05. The van der Waals surface area contributed by atoms with Crippen LogP contribution in [0.3, 0.4) is 0 Å². The number of fused-ring (bicyclic) bond motifs is 1. The summed E-state index contributed by atoms with van der Waals surface area (Å²) in [5.41, 5.74) is 3.97. The Morgan fingerprint density at radius 1 is 1.17 bits per heavy atom. The van der Waals surface area contributed by atoms with E-state index in [2.05, 4.69) is 9.71 Å². The molecule has 2 N–H and O–H groups in total. The van der Waals surface area contributed by atoms with Gasteiger partial charge in [-0.05, 0) is 41.8 Å². The van der Waals surface area contributed by atoms with Crippen molar-refractivity contribution < 1.29 is 13.5 Å². The van der Waals surface area contributed by atoms with Crippen molar-refractivity contribution in [2.45, 2.75) is 13.0 Å². The molecule has 124 valence electrons. The maximum absolute atomic E-state index is 10.9. The summed E-state index contributed by atoms with van der Waals surface area (Å²) in [6.45, 7) is 1.84. The van der Waals surface area contributed by atoms with Gasteiger partial charge in [0, 0.05) is 23.7 Å². The summed E-state index contributed by atoms with van der Waals surface area (Å²) < 4.78 is 27.6. The van der Waals surface area contributed by atoms with E-state index < -0.39 is 11.3 Å². The second-order valence-electron chi connectivity index (χ2n) is 5.45. The zero-order chi connectivity index (χ0) is 17.1. The van der Waals surface area contributed by atoms with E-state index in [1.165, 1.54) is 0 Å². The molecule has 0 aliphatic carbocycles. The SMILES string of the molecule is COc1ccc2c(-c3ccc(C(C)NS(=O)O)cc3)ccnc2c1. The molecule has 0 amide bonds. The van der Waals surface area contributed by atoms with Gasteiger partial charge in [0.15, 0.2) is 0 Å². The Morgan fingerprint density at radius 2 is 1.92 bits per heavy atom. The Kier molecular flexibility index (Phi) is 4.89. The highest BCUT2D eigenvalue weighted by Gasteiger charge is 2.09. The van der Waals surface area contributed by atoms with Gasteiger partial charge in [0.05, 0.1) is 12.6 Å². The minimum Gasteiger partial charge on any atom is -0.497 e. The van der Waals surface area contributed by atoms with Crippen molar-refractivity contribution in [1.29, 1.82) is 0 Å². The number of ether oxygens (including phenoxy) is 1. The van der Waals surface area contributed by atoms with Crippen LogP contribution in [0.1, 0.15) is 18.5 Å². The Hall–Kier alpha value is -2.28. The van der Waals surface area contributed by atoms with E-state index in [0.717, 1.165) is 33.3 Å². The molecule has 2 aromatic carbocycles. The predicted octanol–water partition coefficient (Wildman–Crippen LogP) is 3.70. The van der Waals surface area contributed by atoms with Crippen LogP contribution in [-0.4, -0.2) is 20.9 Å². The fourth-order valence-corrected chi connectivity index (χ4v) is 3.12. The number of nitrogens with zero attached hydrogens (tertiary/aromatic N) is 1. The van der Waals surface area contributed by atoms with Gasteiger partial charge in [-0.3, -0.25) is 9.54 Å². The lowest BCUT2D eigenvalue weighted by molar-refractivity contribution is 0.415. The van der Waals surface area contributed by atoms with Gasteiger partial charge < -0.3 is 4.74 Å². The molecule has 1 heterocycles. The Balaban J connectivity index is 1.97. The van der Waals surface area contributed by atoms with Crippen LogP contribution >= 0.6 is 0 Å². The second kappa shape index (κ2) is 7.09. The van der Waals surface area contributed by atoms with Gasteiger partial charge in [-0.2, -0.15) is 0 Å². The third-order valence-electron chi connectivity index (χ3n) is 3.95. The molecule has 0 radical (unpaired) electrons. The fraction of sp³-hybridized carbons (Fsp3) is 0.167. The number of methoxy groups -OCH3 is 1. The average molecular weight is 342 g/mol. The summed E-state index contributed by atoms with van der Waals surface area (Å²) in [4.78, 5) is 4.40. The van der Waals surface area contributed by atoms with Crippen LogP contribution in [0.2, 0.25) is 0 Å². The van der Waals surface area contributed by atoms with Gasteiger partial charge in [-0.15, -0.1) is 0 Å². The quantitative estimate of drug-likeness (QED) is 0.694. The maximum Gasteiger partial charge on any atom is 0.232 e. The number of aromatic nitrogens is 1. The van der Waals surface area contributed by atoms with E-state index in [0.29, 0.717) is 0 Å². The first kappa shape index (κ1) is 16.6. The molecule has 0 spiro atoms. The molecule has 0 saturated carbocycles. The standard InChI is InChI=1S/C18H18N2O3S/c1-12(20-24(21)22)13-3-5-14(6-4-13)16-9-10-19-18-11-15(23-2)7-8-17(16)18/h3-12,20H,1-2H3,(H,21,22). The molecule has 6 heteroatoms. The number of pyridine rings is 1. The molecular weight excluding hydrogens is 324 g/mol.